The van der Waals surface area contributed by atoms with Crippen LogP contribution in [0.2, 0.25) is 0 Å². The summed E-state index contributed by atoms with van der Waals surface area (Å²) in [5.74, 6) is 0. The normalized spacial score (nSPS) is 11.1. The lowest BCUT2D eigenvalue weighted by molar-refractivity contribution is 0.201. The molecule has 0 radical (unpaired) electrons. The van der Waals surface area contributed by atoms with Gasteiger partial charge >= 0.3 is 0 Å². The lowest BCUT2D eigenvalue weighted by Gasteiger charge is -2.26. The number of pyridine rings is 1. The Morgan fingerprint density at radius 1 is 1.10 bits per heavy atom. The first-order chi connectivity index (χ1) is 9.69. The summed E-state index contributed by atoms with van der Waals surface area (Å²) in [6, 6.07) is 15.2. The first kappa shape index (κ1) is 14.5. The van der Waals surface area contributed by atoms with Crippen LogP contribution in [0.5, 0.6) is 0 Å². The van der Waals surface area contributed by atoms with Crippen molar-refractivity contribution in [1.29, 1.82) is 0 Å². The van der Waals surface area contributed by atoms with Crippen molar-refractivity contribution in [2.45, 2.75) is 33.0 Å². The Labute approximate surface area is 121 Å². The van der Waals surface area contributed by atoms with Crippen LogP contribution in [0, 0.1) is 0 Å². The number of hydrogen-bond donors (Lipinski definition) is 1. The first-order valence-corrected chi connectivity index (χ1v) is 7.09. The molecule has 0 saturated carbocycles. The highest BCUT2D eigenvalue weighted by molar-refractivity contribution is 5.42. The molecule has 1 heterocycles. The molecule has 0 fully saturated rings. The van der Waals surface area contributed by atoms with E-state index in [1.807, 2.05) is 19.3 Å². The van der Waals surface area contributed by atoms with Crippen LogP contribution in [0.25, 0.3) is 0 Å². The van der Waals surface area contributed by atoms with E-state index in [9.17, 15) is 0 Å². The molecule has 1 aromatic carbocycles. The SMILES string of the molecule is CNc1ccnc(CN(Cc2ccccc2)C(C)C)c1. The zero-order chi connectivity index (χ0) is 14.4. The van der Waals surface area contributed by atoms with Gasteiger partial charge in [0, 0.05) is 38.1 Å². The molecule has 20 heavy (non-hydrogen) atoms. The molecule has 0 atom stereocenters. The Kier molecular flexibility index (Phi) is 5.13. The molecule has 0 saturated heterocycles. The predicted molar refractivity (Wildman–Crippen MR) is 84.6 cm³/mol. The second-order valence-corrected chi connectivity index (χ2v) is 5.27. The average Bonchev–Trinajstić information content (AvgIpc) is 2.48. The minimum atomic E-state index is 0.482. The van der Waals surface area contributed by atoms with Gasteiger partial charge < -0.3 is 5.32 Å². The quantitative estimate of drug-likeness (QED) is 0.869. The van der Waals surface area contributed by atoms with Crippen LogP contribution in [-0.4, -0.2) is 23.0 Å². The van der Waals surface area contributed by atoms with E-state index in [2.05, 4.69) is 65.4 Å². The van der Waals surface area contributed by atoms with Crippen LogP contribution in [0.1, 0.15) is 25.1 Å². The number of aromatic nitrogens is 1. The van der Waals surface area contributed by atoms with E-state index in [1.54, 1.807) is 0 Å². The molecule has 0 amide bonds. The molecule has 0 aliphatic carbocycles. The summed E-state index contributed by atoms with van der Waals surface area (Å²) in [6.07, 6.45) is 1.86. The fraction of sp³-hybridized carbons (Fsp3) is 0.353. The second-order valence-electron chi connectivity index (χ2n) is 5.27. The molecule has 0 bridgehead atoms. The van der Waals surface area contributed by atoms with Crippen molar-refractivity contribution in [2.75, 3.05) is 12.4 Å². The van der Waals surface area contributed by atoms with Crippen molar-refractivity contribution in [2.24, 2.45) is 0 Å². The van der Waals surface area contributed by atoms with Gasteiger partial charge in [-0.3, -0.25) is 9.88 Å². The van der Waals surface area contributed by atoms with Gasteiger partial charge in [0.2, 0.25) is 0 Å². The molecule has 1 N–H and O–H groups in total. The largest absolute Gasteiger partial charge is 0.388 e. The molecular weight excluding hydrogens is 246 g/mol. The van der Waals surface area contributed by atoms with Crippen LogP contribution in [0.3, 0.4) is 0 Å². The van der Waals surface area contributed by atoms with Crippen molar-refractivity contribution in [3.63, 3.8) is 0 Å². The Balaban J connectivity index is 2.09. The lowest BCUT2D eigenvalue weighted by Crippen LogP contribution is -2.30. The molecule has 0 spiro atoms. The van der Waals surface area contributed by atoms with E-state index < -0.39 is 0 Å². The fourth-order valence-electron chi connectivity index (χ4n) is 2.17. The summed E-state index contributed by atoms with van der Waals surface area (Å²) in [4.78, 5) is 6.90. The number of rotatable bonds is 6. The van der Waals surface area contributed by atoms with E-state index in [4.69, 9.17) is 0 Å². The molecule has 0 aliphatic rings. The van der Waals surface area contributed by atoms with E-state index in [1.165, 1.54) is 5.56 Å². The van der Waals surface area contributed by atoms with E-state index in [0.717, 1.165) is 24.5 Å². The maximum atomic E-state index is 4.47. The molecule has 3 heteroatoms. The van der Waals surface area contributed by atoms with E-state index in [-0.39, 0.29) is 0 Å². The number of benzene rings is 1. The molecule has 3 nitrogen and oxygen atoms in total. The highest BCUT2D eigenvalue weighted by atomic mass is 15.1. The Hall–Kier alpha value is -1.87. The maximum absolute atomic E-state index is 4.47. The summed E-state index contributed by atoms with van der Waals surface area (Å²) in [7, 11) is 1.93. The lowest BCUT2D eigenvalue weighted by atomic mass is 10.1. The van der Waals surface area contributed by atoms with Gasteiger partial charge in [-0.05, 0) is 31.5 Å². The Bertz CT molecular complexity index is 523. The van der Waals surface area contributed by atoms with Crippen molar-refractivity contribution < 1.29 is 0 Å². The third-order valence-corrected chi connectivity index (χ3v) is 3.43. The standard InChI is InChI=1S/C17H23N3/c1-14(2)20(12-15-7-5-4-6-8-15)13-17-11-16(18-3)9-10-19-17/h4-11,14H,12-13H2,1-3H3,(H,18,19). The van der Waals surface area contributed by atoms with Gasteiger partial charge in [-0.2, -0.15) is 0 Å². The smallest absolute Gasteiger partial charge is 0.0564 e. The Morgan fingerprint density at radius 2 is 1.85 bits per heavy atom. The van der Waals surface area contributed by atoms with Crippen molar-refractivity contribution in [1.82, 2.24) is 9.88 Å². The average molecular weight is 269 g/mol. The Morgan fingerprint density at radius 3 is 2.50 bits per heavy atom. The van der Waals surface area contributed by atoms with Crippen LogP contribution < -0.4 is 5.32 Å². The molecule has 1 aromatic heterocycles. The van der Waals surface area contributed by atoms with Crippen LogP contribution in [-0.2, 0) is 13.1 Å². The van der Waals surface area contributed by atoms with Gasteiger partial charge in [0.15, 0.2) is 0 Å². The summed E-state index contributed by atoms with van der Waals surface area (Å²) in [6.45, 7) is 6.27. The first-order valence-electron chi connectivity index (χ1n) is 7.09. The molecule has 2 aromatic rings. The number of nitrogens with zero attached hydrogens (tertiary/aromatic N) is 2. The van der Waals surface area contributed by atoms with Crippen molar-refractivity contribution >= 4 is 5.69 Å². The fourth-order valence-corrected chi connectivity index (χ4v) is 2.17. The topological polar surface area (TPSA) is 28.2 Å². The van der Waals surface area contributed by atoms with Gasteiger partial charge in [0.25, 0.3) is 0 Å². The molecule has 0 aliphatic heterocycles. The van der Waals surface area contributed by atoms with Crippen molar-refractivity contribution in [3.05, 3.63) is 59.9 Å². The van der Waals surface area contributed by atoms with Crippen molar-refractivity contribution in [3.8, 4) is 0 Å². The molecule has 2 rings (SSSR count). The van der Waals surface area contributed by atoms with Crippen LogP contribution in [0.15, 0.2) is 48.7 Å². The number of anilines is 1. The van der Waals surface area contributed by atoms with Gasteiger partial charge in [-0.1, -0.05) is 30.3 Å². The summed E-state index contributed by atoms with van der Waals surface area (Å²) in [5, 5.41) is 3.16. The predicted octanol–water partition coefficient (Wildman–Crippen LogP) is 3.53. The minimum absolute atomic E-state index is 0.482. The highest BCUT2D eigenvalue weighted by Gasteiger charge is 2.11. The molecular formula is C17H23N3. The third-order valence-electron chi connectivity index (χ3n) is 3.43. The summed E-state index contributed by atoms with van der Waals surface area (Å²) in [5.41, 5.74) is 3.55. The molecule has 106 valence electrons. The monoisotopic (exact) mass is 269 g/mol. The van der Waals surface area contributed by atoms with Crippen LogP contribution >= 0.6 is 0 Å². The summed E-state index contributed by atoms with van der Waals surface area (Å²) < 4.78 is 0. The maximum Gasteiger partial charge on any atom is 0.0564 e. The van der Waals surface area contributed by atoms with E-state index >= 15 is 0 Å². The van der Waals surface area contributed by atoms with Gasteiger partial charge in [-0.15, -0.1) is 0 Å². The van der Waals surface area contributed by atoms with Crippen LogP contribution in [0.4, 0.5) is 5.69 Å². The summed E-state index contributed by atoms with van der Waals surface area (Å²) >= 11 is 0. The number of nitrogens with one attached hydrogen (secondary N) is 1. The highest BCUT2D eigenvalue weighted by Crippen LogP contribution is 2.14. The van der Waals surface area contributed by atoms with E-state index in [0.29, 0.717) is 6.04 Å². The van der Waals surface area contributed by atoms with Gasteiger partial charge in [0.05, 0.1) is 5.69 Å². The zero-order valence-corrected chi connectivity index (χ0v) is 12.5. The second kappa shape index (κ2) is 7.06. The number of hydrogen-bond acceptors (Lipinski definition) is 3. The van der Waals surface area contributed by atoms with Gasteiger partial charge in [0.1, 0.15) is 0 Å². The third kappa shape index (κ3) is 4.07. The minimum Gasteiger partial charge on any atom is -0.388 e. The zero-order valence-electron chi connectivity index (χ0n) is 12.5. The van der Waals surface area contributed by atoms with Gasteiger partial charge in [-0.25, -0.2) is 0 Å². The molecule has 0 unspecified atom stereocenters.